The van der Waals surface area contributed by atoms with Crippen molar-refractivity contribution in [2.24, 2.45) is 0 Å². The number of aromatic amines is 1. The van der Waals surface area contributed by atoms with E-state index in [9.17, 15) is 4.79 Å². The molecular weight excluding hydrogens is 366 g/mol. The van der Waals surface area contributed by atoms with Crippen LogP contribution in [0.3, 0.4) is 0 Å². The highest BCUT2D eigenvalue weighted by Gasteiger charge is 2.32. The first kappa shape index (κ1) is 19.7. The van der Waals surface area contributed by atoms with Crippen molar-refractivity contribution >= 4 is 10.9 Å². The molecule has 0 saturated carbocycles. The maximum Gasteiger partial charge on any atom is 0.253 e. The van der Waals surface area contributed by atoms with Gasteiger partial charge in [0.15, 0.2) is 5.82 Å². The minimum atomic E-state index is -0.282. The molecule has 29 heavy (non-hydrogen) atoms. The average Bonchev–Trinajstić information content (AvgIpc) is 3.17. The highest BCUT2D eigenvalue weighted by Crippen LogP contribution is 2.29. The van der Waals surface area contributed by atoms with Crippen LogP contribution in [-0.2, 0) is 0 Å². The van der Waals surface area contributed by atoms with Gasteiger partial charge in [0.2, 0.25) is 0 Å². The number of nitrogens with zero attached hydrogens (tertiary/aromatic N) is 6. The summed E-state index contributed by atoms with van der Waals surface area (Å²) >= 11 is 0. The molecule has 1 aliphatic rings. The van der Waals surface area contributed by atoms with Gasteiger partial charge < -0.3 is 9.88 Å². The Labute approximate surface area is 170 Å². The lowest BCUT2D eigenvalue weighted by atomic mass is 9.99. The highest BCUT2D eigenvalue weighted by molar-refractivity contribution is 5.83. The summed E-state index contributed by atoms with van der Waals surface area (Å²) in [7, 11) is 2.12. The number of piperazine rings is 1. The molecule has 0 bridgehead atoms. The van der Waals surface area contributed by atoms with Crippen molar-refractivity contribution in [1.82, 2.24) is 35.0 Å². The molecule has 1 N–H and O–H groups in total. The van der Waals surface area contributed by atoms with Crippen LogP contribution in [0.2, 0.25) is 0 Å². The SMILES string of the molecule is Cc1ccc2cc(C(c3nnnn3C(C)C)N3CCN(C)CC3)c(=O)[nH]c2c1C. The van der Waals surface area contributed by atoms with E-state index in [1.165, 1.54) is 5.56 Å². The molecule has 1 unspecified atom stereocenters. The molecule has 154 valence electrons. The number of hydrogen-bond donors (Lipinski definition) is 1. The molecule has 1 atom stereocenters. The van der Waals surface area contributed by atoms with Crippen LogP contribution < -0.4 is 5.56 Å². The lowest BCUT2D eigenvalue weighted by Crippen LogP contribution is -2.47. The Morgan fingerprint density at radius 1 is 1.10 bits per heavy atom. The van der Waals surface area contributed by atoms with Crippen LogP contribution in [0.1, 0.15) is 48.4 Å². The summed E-state index contributed by atoms with van der Waals surface area (Å²) in [4.78, 5) is 21.0. The molecule has 3 heterocycles. The number of aromatic nitrogens is 5. The number of tetrazole rings is 1. The van der Waals surface area contributed by atoms with Gasteiger partial charge in [-0.1, -0.05) is 12.1 Å². The Morgan fingerprint density at radius 3 is 2.52 bits per heavy atom. The zero-order valence-electron chi connectivity index (χ0n) is 17.8. The number of likely N-dealkylation sites (N-methyl/N-ethyl adjacent to an activating group) is 1. The fraction of sp³-hybridized carbons (Fsp3) is 0.524. The largest absolute Gasteiger partial charge is 0.321 e. The van der Waals surface area contributed by atoms with Crippen molar-refractivity contribution in [3.05, 3.63) is 51.1 Å². The molecule has 0 spiro atoms. The summed E-state index contributed by atoms with van der Waals surface area (Å²) in [6.07, 6.45) is 0. The number of rotatable bonds is 4. The predicted molar refractivity (Wildman–Crippen MR) is 113 cm³/mol. The Balaban J connectivity index is 1.89. The normalized spacial score (nSPS) is 17.3. The molecule has 8 nitrogen and oxygen atoms in total. The van der Waals surface area contributed by atoms with Gasteiger partial charge in [-0.2, -0.15) is 0 Å². The van der Waals surface area contributed by atoms with E-state index < -0.39 is 0 Å². The van der Waals surface area contributed by atoms with Crippen LogP contribution in [0.5, 0.6) is 0 Å². The van der Waals surface area contributed by atoms with Gasteiger partial charge in [0.05, 0.1) is 11.6 Å². The van der Waals surface area contributed by atoms with E-state index in [-0.39, 0.29) is 17.6 Å². The number of hydrogen-bond acceptors (Lipinski definition) is 6. The molecule has 8 heteroatoms. The Hall–Kier alpha value is -2.58. The van der Waals surface area contributed by atoms with Gasteiger partial charge >= 0.3 is 0 Å². The van der Waals surface area contributed by atoms with Crippen LogP contribution in [0, 0.1) is 13.8 Å². The van der Waals surface area contributed by atoms with Crippen LogP contribution in [0.15, 0.2) is 23.0 Å². The minimum absolute atomic E-state index is 0.0755. The van der Waals surface area contributed by atoms with Crippen molar-refractivity contribution in [3.63, 3.8) is 0 Å². The summed E-state index contributed by atoms with van der Waals surface area (Å²) < 4.78 is 1.83. The fourth-order valence-electron chi connectivity index (χ4n) is 4.07. The van der Waals surface area contributed by atoms with E-state index in [4.69, 9.17) is 0 Å². The standard InChI is InChI=1S/C21H29N7O/c1-13(2)28-20(23-24-25-28)19(27-10-8-26(5)9-11-27)17-12-16-7-6-14(3)15(4)18(16)22-21(17)29/h6-7,12-13,19H,8-11H2,1-5H3,(H,22,29). The lowest BCUT2D eigenvalue weighted by molar-refractivity contribution is 0.120. The van der Waals surface area contributed by atoms with Gasteiger partial charge in [-0.3, -0.25) is 9.69 Å². The summed E-state index contributed by atoms with van der Waals surface area (Å²) in [5.41, 5.74) is 3.80. The molecule has 0 amide bonds. The second-order valence-electron chi connectivity index (χ2n) is 8.34. The third kappa shape index (κ3) is 3.58. The first-order chi connectivity index (χ1) is 13.9. The number of nitrogens with one attached hydrogen (secondary N) is 1. The van der Waals surface area contributed by atoms with E-state index in [1.807, 2.05) is 17.7 Å². The molecule has 3 aromatic rings. The lowest BCUT2D eigenvalue weighted by Gasteiger charge is -2.37. The van der Waals surface area contributed by atoms with E-state index in [2.05, 4.69) is 70.3 Å². The highest BCUT2D eigenvalue weighted by atomic mass is 16.1. The van der Waals surface area contributed by atoms with Gasteiger partial charge in [-0.15, -0.1) is 5.10 Å². The summed E-state index contributed by atoms with van der Waals surface area (Å²) in [5.74, 6) is 0.721. The Morgan fingerprint density at radius 2 is 1.83 bits per heavy atom. The Bertz CT molecular complexity index is 1080. The van der Waals surface area contributed by atoms with Gasteiger partial charge in [-0.25, -0.2) is 4.68 Å². The van der Waals surface area contributed by atoms with Gasteiger partial charge in [0.1, 0.15) is 6.04 Å². The summed E-state index contributed by atoms with van der Waals surface area (Å²) in [6, 6.07) is 6.02. The quantitative estimate of drug-likeness (QED) is 0.728. The molecular formula is C21H29N7O. The molecule has 1 fully saturated rings. The number of pyridine rings is 1. The third-order valence-corrected chi connectivity index (χ3v) is 6.03. The zero-order valence-corrected chi connectivity index (χ0v) is 17.8. The summed E-state index contributed by atoms with van der Waals surface area (Å²) in [6.45, 7) is 11.8. The third-order valence-electron chi connectivity index (χ3n) is 6.03. The zero-order chi connectivity index (χ0) is 20.7. The topological polar surface area (TPSA) is 82.9 Å². The number of aryl methyl sites for hydroxylation is 2. The van der Waals surface area contributed by atoms with Crippen molar-refractivity contribution in [2.75, 3.05) is 33.2 Å². The number of H-pyrrole nitrogens is 1. The van der Waals surface area contributed by atoms with Gasteiger partial charge in [0, 0.05) is 31.7 Å². The molecule has 1 aromatic carbocycles. The molecule has 4 rings (SSSR count). The second kappa shape index (κ2) is 7.68. The van der Waals surface area contributed by atoms with E-state index in [1.54, 1.807) is 0 Å². The van der Waals surface area contributed by atoms with Crippen LogP contribution in [0.4, 0.5) is 0 Å². The first-order valence-corrected chi connectivity index (χ1v) is 10.2. The van der Waals surface area contributed by atoms with E-state index in [0.29, 0.717) is 5.56 Å². The number of fused-ring (bicyclic) bond motifs is 1. The Kier molecular flexibility index (Phi) is 5.23. The average molecular weight is 396 g/mol. The van der Waals surface area contributed by atoms with E-state index in [0.717, 1.165) is 48.5 Å². The monoisotopic (exact) mass is 395 g/mol. The predicted octanol–water partition coefficient (Wildman–Crippen LogP) is 2.05. The first-order valence-electron chi connectivity index (χ1n) is 10.2. The van der Waals surface area contributed by atoms with Gasteiger partial charge in [-0.05, 0) is 67.7 Å². The molecule has 0 aliphatic carbocycles. The maximum atomic E-state index is 13.3. The molecule has 1 aliphatic heterocycles. The molecule has 1 saturated heterocycles. The minimum Gasteiger partial charge on any atom is -0.321 e. The van der Waals surface area contributed by atoms with Crippen LogP contribution in [-0.4, -0.2) is 68.2 Å². The number of benzene rings is 1. The molecule has 0 radical (unpaired) electrons. The smallest absolute Gasteiger partial charge is 0.253 e. The molecule has 2 aromatic heterocycles. The van der Waals surface area contributed by atoms with Crippen LogP contribution >= 0.6 is 0 Å². The maximum absolute atomic E-state index is 13.3. The van der Waals surface area contributed by atoms with Crippen molar-refractivity contribution < 1.29 is 0 Å². The van der Waals surface area contributed by atoms with Gasteiger partial charge in [0.25, 0.3) is 5.56 Å². The fourth-order valence-corrected chi connectivity index (χ4v) is 4.07. The van der Waals surface area contributed by atoms with Crippen molar-refractivity contribution in [1.29, 1.82) is 0 Å². The van der Waals surface area contributed by atoms with Crippen LogP contribution in [0.25, 0.3) is 10.9 Å². The van der Waals surface area contributed by atoms with E-state index >= 15 is 0 Å². The summed E-state index contributed by atoms with van der Waals surface area (Å²) in [5, 5.41) is 13.5. The van der Waals surface area contributed by atoms with Crippen molar-refractivity contribution in [3.8, 4) is 0 Å². The second-order valence-corrected chi connectivity index (χ2v) is 8.34. The van der Waals surface area contributed by atoms with Crippen molar-refractivity contribution in [2.45, 2.75) is 39.8 Å².